The average molecular weight is 272 g/mol. The number of hydrogen-bond acceptors (Lipinski definition) is 4. The Labute approximate surface area is 117 Å². The van der Waals surface area contributed by atoms with Gasteiger partial charge in [-0.25, -0.2) is 5.43 Å². The van der Waals surface area contributed by atoms with Gasteiger partial charge in [-0.15, -0.1) is 0 Å². The van der Waals surface area contributed by atoms with Gasteiger partial charge in [-0.3, -0.25) is 4.79 Å². The van der Waals surface area contributed by atoms with Crippen molar-refractivity contribution < 1.29 is 13.9 Å². The summed E-state index contributed by atoms with van der Waals surface area (Å²) in [5, 5.41) is 3.76. The second kappa shape index (κ2) is 6.56. The molecule has 0 fully saturated rings. The molecule has 1 aromatic heterocycles. The molecule has 2 aromatic rings. The maximum atomic E-state index is 11.5. The van der Waals surface area contributed by atoms with Crippen molar-refractivity contribution in [1.29, 1.82) is 0 Å². The first kappa shape index (κ1) is 13.9. The molecule has 1 aromatic carbocycles. The lowest BCUT2D eigenvalue weighted by molar-refractivity contribution is -0.123. The summed E-state index contributed by atoms with van der Waals surface area (Å²) in [6.45, 7) is 3.87. The van der Waals surface area contributed by atoms with Crippen molar-refractivity contribution in [2.75, 3.05) is 6.61 Å². The first-order chi connectivity index (χ1) is 9.63. The Morgan fingerprint density at radius 1 is 1.35 bits per heavy atom. The van der Waals surface area contributed by atoms with E-state index >= 15 is 0 Å². The van der Waals surface area contributed by atoms with Crippen molar-refractivity contribution in [2.24, 2.45) is 5.10 Å². The van der Waals surface area contributed by atoms with E-state index in [1.165, 1.54) is 12.5 Å². The quantitative estimate of drug-likeness (QED) is 0.671. The van der Waals surface area contributed by atoms with E-state index in [-0.39, 0.29) is 12.5 Å². The maximum absolute atomic E-state index is 11.5. The monoisotopic (exact) mass is 272 g/mol. The summed E-state index contributed by atoms with van der Waals surface area (Å²) in [7, 11) is 0. The second-order valence-corrected chi connectivity index (χ2v) is 4.42. The van der Waals surface area contributed by atoms with Crippen LogP contribution in [0.15, 0.2) is 46.1 Å². The highest BCUT2D eigenvalue weighted by molar-refractivity contribution is 5.81. The van der Waals surface area contributed by atoms with Crippen LogP contribution in [0.4, 0.5) is 0 Å². The van der Waals surface area contributed by atoms with Gasteiger partial charge in [0.1, 0.15) is 11.5 Å². The summed E-state index contributed by atoms with van der Waals surface area (Å²) >= 11 is 0. The van der Waals surface area contributed by atoms with Crippen LogP contribution in [-0.4, -0.2) is 18.7 Å². The maximum Gasteiger partial charge on any atom is 0.277 e. The molecule has 104 valence electrons. The molecule has 0 saturated carbocycles. The number of nitrogens with one attached hydrogen (secondary N) is 1. The molecular weight excluding hydrogens is 256 g/mol. The Hall–Kier alpha value is -2.56. The van der Waals surface area contributed by atoms with E-state index in [9.17, 15) is 4.79 Å². The van der Waals surface area contributed by atoms with Crippen molar-refractivity contribution in [3.8, 4) is 5.75 Å². The Morgan fingerprint density at radius 2 is 2.10 bits per heavy atom. The van der Waals surface area contributed by atoms with Gasteiger partial charge in [-0.1, -0.05) is 6.07 Å². The molecule has 5 heteroatoms. The number of carbonyl (C=O) groups excluding carboxylic acids is 1. The zero-order valence-corrected chi connectivity index (χ0v) is 11.4. The zero-order valence-electron chi connectivity index (χ0n) is 11.4. The Balaban J connectivity index is 1.80. The van der Waals surface area contributed by atoms with Crippen LogP contribution in [0.3, 0.4) is 0 Å². The molecule has 0 spiro atoms. The molecule has 0 unspecified atom stereocenters. The smallest absolute Gasteiger partial charge is 0.277 e. The summed E-state index contributed by atoms with van der Waals surface area (Å²) < 4.78 is 10.4. The fraction of sp³-hybridized carbons (Fsp3) is 0.200. The minimum absolute atomic E-state index is 0.0849. The fourth-order valence-corrected chi connectivity index (χ4v) is 1.73. The number of nitrogens with zero attached hydrogens (tertiary/aromatic N) is 1. The van der Waals surface area contributed by atoms with Gasteiger partial charge >= 0.3 is 0 Å². The van der Waals surface area contributed by atoms with Crippen LogP contribution in [0, 0.1) is 13.8 Å². The Bertz CT molecular complexity index is 583. The summed E-state index contributed by atoms with van der Waals surface area (Å²) in [5.41, 5.74) is 4.55. The number of carbonyl (C=O) groups is 1. The fourth-order valence-electron chi connectivity index (χ4n) is 1.73. The van der Waals surface area contributed by atoms with E-state index in [0.29, 0.717) is 11.5 Å². The number of benzene rings is 1. The van der Waals surface area contributed by atoms with E-state index in [4.69, 9.17) is 9.15 Å². The number of ether oxygens (including phenoxy) is 1. The van der Waals surface area contributed by atoms with E-state index in [1.54, 1.807) is 12.1 Å². The predicted molar refractivity (Wildman–Crippen MR) is 75.9 cm³/mol. The zero-order chi connectivity index (χ0) is 14.4. The van der Waals surface area contributed by atoms with Crippen LogP contribution in [0.2, 0.25) is 0 Å². The summed E-state index contributed by atoms with van der Waals surface area (Å²) in [6, 6.07) is 9.29. The normalized spacial score (nSPS) is 10.7. The Morgan fingerprint density at radius 3 is 2.75 bits per heavy atom. The van der Waals surface area contributed by atoms with Crippen molar-refractivity contribution in [2.45, 2.75) is 13.8 Å². The SMILES string of the molecule is Cc1cc(C)cc(OCC(=O)NN=Cc2ccco2)c1. The molecule has 0 radical (unpaired) electrons. The molecule has 5 nitrogen and oxygen atoms in total. The van der Waals surface area contributed by atoms with Crippen LogP contribution in [-0.2, 0) is 4.79 Å². The number of aryl methyl sites for hydroxylation is 2. The molecule has 20 heavy (non-hydrogen) atoms. The molecule has 0 bridgehead atoms. The van der Waals surface area contributed by atoms with E-state index in [2.05, 4.69) is 10.5 Å². The second-order valence-electron chi connectivity index (χ2n) is 4.42. The first-order valence-corrected chi connectivity index (χ1v) is 6.20. The molecule has 2 rings (SSSR count). The lowest BCUT2D eigenvalue weighted by atomic mass is 10.1. The highest BCUT2D eigenvalue weighted by Gasteiger charge is 2.02. The molecule has 0 atom stereocenters. The summed E-state index contributed by atoms with van der Waals surface area (Å²) in [6.07, 6.45) is 2.96. The number of furan rings is 1. The molecule has 0 aliphatic carbocycles. The van der Waals surface area contributed by atoms with Crippen molar-refractivity contribution >= 4 is 12.1 Å². The van der Waals surface area contributed by atoms with Gasteiger partial charge in [0.25, 0.3) is 5.91 Å². The number of rotatable bonds is 5. The van der Waals surface area contributed by atoms with Gasteiger partial charge in [-0.05, 0) is 49.2 Å². The van der Waals surface area contributed by atoms with E-state index < -0.39 is 0 Å². The minimum Gasteiger partial charge on any atom is -0.484 e. The van der Waals surface area contributed by atoms with Gasteiger partial charge in [-0.2, -0.15) is 5.10 Å². The highest BCUT2D eigenvalue weighted by Crippen LogP contribution is 2.15. The molecular formula is C15H16N2O3. The van der Waals surface area contributed by atoms with Crippen LogP contribution in [0.5, 0.6) is 5.75 Å². The van der Waals surface area contributed by atoms with Gasteiger partial charge in [0.05, 0.1) is 12.5 Å². The molecule has 0 aliphatic rings. The van der Waals surface area contributed by atoms with Gasteiger partial charge in [0, 0.05) is 0 Å². The minimum atomic E-state index is -0.327. The van der Waals surface area contributed by atoms with Gasteiger partial charge < -0.3 is 9.15 Å². The Kier molecular flexibility index (Phi) is 4.55. The van der Waals surface area contributed by atoms with Crippen molar-refractivity contribution in [3.63, 3.8) is 0 Å². The molecule has 1 amide bonds. The van der Waals surface area contributed by atoms with E-state index in [1.807, 2.05) is 32.0 Å². The third-order valence-corrected chi connectivity index (χ3v) is 2.49. The third kappa shape index (κ3) is 4.28. The largest absolute Gasteiger partial charge is 0.484 e. The number of amides is 1. The summed E-state index contributed by atoms with van der Waals surface area (Å²) in [4.78, 5) is 11.5. The van der Waals surface area contributed by atoms with Crippen LogP contribution in [0.25, 0.3) is 0 Å². The average Bonchev–Trinajstić information content (AvgIpc) is 2.88. The topological polar surface area (TPSA) is 63.8 Å². The standard InChI is InChI=1S/C15H16N2O3/c1-11-6-12(2)8-14(7-11)20-10-15(18)17-16-9-13-4-3-5-19-13/h3-9H,10H2,1-2H3,(H,17,18). The molecule has 1 heterocycles. The lowest BCUT2D eigenvalue weighted by Crippen LogP contribution is -2.24. The first-order valence-electron chi connectivity index (χ1n) is 6.20. The summed E-state index contributed by atoms with van der Waals surface area (Å²) in [5.74, 6) is 0.917. The third-order valence-electron chi connectivity index (χ3n) is 2.49. The highest BCUT2D eigenvalue weighted by atomic mass is 16.5. The predicted octanol–water partition coefficient (Wildman–Crippen LogP) is 2.43. The van der Waals surface area contributed by atoms with Crippen LogP contribution >= 0.6 is 0 Å². The molecule has 1 N–H and O–H groups in total. The van der Waals surface area contributed by atoms with Gasteiger partial charge in [0.15, 0.2) is 6.61 Å². The van der Waals surface area contributed by atoms with E-state index in [0.717, 1.165) is 11.1 Å². The molecule has 0 saturated heterocycles. The van der Waals surface area contributed by atoms with Crippen molar-refractivity contribution in [1.82, 2.24) is 5.43 Å². The number of hydrogen-bond donors (Lipinski definition) is 1. The lowest BCUT2D eigenvalue weighted by Gasteiger charge is -2.07. The number of hydrazone groups is 1. The van der Waals surface area contributed by atoms with Crippen molar-refractivity contribution in [3.05, 3.63) is 53.5 Å². The van der Waals surface area contributed by atoms with Crippen LogP contribution < -0.4 is 10.2 Å². The van der Waals surface area contributed by atoms with Crippen LogP contribution in [0.1, 0.15) is 16.9 Å². The molecule has 0 aliphatic heterocycles. The van der Waals surface area contributed by atoms with Gasteiger partial charge in [0.2, 0.25) is 0 Å².